The number of hydrogen-bond donors (Lipinski definition) is 2. The number of fused-ring (bicyclic) bond motifs is 1. The summed E-state index contributed by atoms with van der Waals surface area (Å²) >= 11 is 5.97. The highest BCUT2D eigenvalue weighted by molar-refractivity contribution is 6.30. The van der Waals surface area contributed by atoms with Gasteiger partial charge in [0.15, 0.2) is 5.82 Å². The molecule has 2 N–H and O–H groups in total. The summed E-state index contributed by atoms with van der Waals surface area (Å²) in [5.41, 5.74) is 2.41. The number of aromatic nitrogens is 3. The van der Waals surface area contributed by atoms with Crippen LogP contribution < -0.4 is 10.6 Å². The van der Waals surface area contributed by atoms with Crippen molar-refractivity contribution in [2.45, 2.75) is 51.6 Å². The van der Waals surface area contributed by atoms with E-state index in [1.165, 1.54) is 13.3 Å². The van der Waals surface area contributed by atoms with Crippen LogP contribution in [0.25, 0.3) is 11.4 Å². The average molecular weight is 452 g/mol. The minimum atomic E-state index is -0.444. The second-order valence-electron chi connectivity index (χ2n) is 8.04. The van der Waals surface area contributed by atoms with Gasteiger partial charge in [-0.15, -0.1) is 10.2 Å². The number of nitrogens with one attached hydrogen (secondary N) is 2. The predicted octanol–water partition coefficient (Wildman–Crippen LogP) is 4.53. The standard InChI is InChI=1S/C24H26ClN5O2/c1-16(31)26-21(17-9-11-19(25)12-10-17)15-23(32)27-20-7-5-6-18(14-20)24-29-28-22-8-3-2-4-13-30(22)24/h5-7,9-12,14,21H,2-4,8,13,15H2,1H3,(H,26,31)(H,27,32). The lowest BCUT2D eigenvalue weighted by Crippen LogP contribution is -2.29. The number of carbonyl (C=O) groups excluding carboxylic acids is 2. The summed E-state index contributed by atoms with van der Waals surface area (Å²) in [6.45, 7) is 2.35. The van der Waals surface area contributed by atoms with Crippen molar-refractivity contribution in [2.75, 3.05) is 5.32 Å². The van der Waals surface area contributed by atoms with E-state index in [-0.39, 0.29) is 18.2 Å². The molecule has 7 nitrogen and oxygen atoms in total. The molecule has 32 heavy (non-hydrogen) atoms. The van der Waals surface area contributed by atoms with E-state index in [1.54, 1.807) is 12.1 Å². The maximum Gasteiger partial charge on any atom is 0.226 e. The van der Waals surface area contributed by atoms with Crippen LogP contribution in [-0.4, -0.2) is 26.6 Å². The van der Waals surface area contributed by atoms with Crippen molar-refractivity contribution in [2.24, 2.45) is 0 Å². The predicted molar refractivity (Wildman–Crippen MR) is 124 cm³/mol. The van der Waals surface area contributed by atoms with Crippen molar-refractivity contribution in [1.82, 2.24) is 20.1 Å². The molecule has 1 unspecified atom stereocenters. The monoisotopic (exact) mass is 451 g/mol. The fraction of sp³-hybridized carbons (Fsp3) is 0.333. The highest BCUT2D eigenvalue weighted by atomic mass is 35.5. The first-order valence-electron chi connectivity index (χ1n) is 10.8. The maximum atomic E-state index is 12.8. The van der Waals surface area contributed by atoms with Gasteiger partial charge in [0.25, 0.3) is 0 Å². The van der Waals surface area contributed by atoms with E-state index in [0.29, 0.717) is 10.7 Å². The van der Waals surface area contributed by atoms with Crippen LogP contribution in [0.4, 0.5) is 5.69 Å². The Labute approximate surface area is 192 Å². The van der Waals surface area contributed by atoms with Gasteiger partial charge in [0.1, 0.15) is 5.82 Å². The van der Waals surface area contributed by atoms with Crippen LogP contribution in [0.15, 0.2) is 48.5 Å². The van der Waals surface area contributed by atoms with E-state index in [4.69, 9.17) is 11.6 Å². The third-order valence-corrected chi connectivity index (χ3v) is 5.81. The lowest BCUT2D eigenvalue weighted by Gasteiger charge is -2.18. The molecule has 166 valence electrons. The number of aryl methyl sites for hydroxylation is 1. The molecule has 3 aromatic rings. The number of hydrogen-bond acceptors (Lipinski definition) is 4. The molecular weight excluding hydrogens is 426 g/mol. The Balaban J connectivity index is 1.49. The maximum absolute atomic E-state index is 12.8. The van der Waals surface area contributed by atoms with Gasteiger partial charge in [0.2, 0.25) is 11.8 Å². The van der Waals surface area contributed by atoms with Crippen molar-refractivity contribution in [3.63, 3.8) is 0 Å². The second kappa shape index (κ2) is 9.96. The Morgan fingerprint density at radius 3 is 2.69 bits per heavy atom. The van der Waals surface area contributed by atoms with E-state index in [0.717, 1.165) is 48.6 Å². The topological polar surface area (TPSA) is 88.9 Å². The Morgan fingerprint density at radius 2 is 1.91 bits per heavy atom. The zero-order valence-electron chi connectivity index (χ0n) is 18.0. The van der Waals surface area contributed by atoms with Crippen LogP contribution in [0.5, 0.6) is 0 Å². The molecule has 0 saturated heterocycles. The van der Waals surface area contributed by atoms with Gasteiger partial charge in [-0.3, -0.25) is 9.59 Å². The molecule has 1 atom stereocenters. The molecule has 0 aliphatic carbocycles. The third kappa shape index (κ3) is 5.34. The van der Waals surface area contributed by atoms with Gasteiger partial charge in [-0.2, -0.15) is 0 Å². The summed E-state index contributed by atoms with van der Waals surface area (Å²) in [5, 5.41) is 15.2. The number of nitrogens with zero attached hydrogens (tertiary/aromatic N) is 3. The molecular formula is C24H26ClN5O2. The first kappa shape index (κ1) is 22.0. The summed E-state index contributed by atoms with van der Waals surface area (Å²) in [6, 6.07) is 14.3. The molecule has 1 aliphatic rings. The Bertz CT molecular complexity index is 1110. The van der Waals surface area contributed by atoms with Crippen molar-refractivity contribution in [1.29, 1.82) is 0 Å². The molecule has 0 fully saturated rings. The Morgan fingerprint density at radius 1 is 1.09 bits per heavy atom. The van der Waals surface area contributed by atoms with Crippen molar-refractivity contribution in [3.8, 4) is 11.4 Å². The highest BCUT2D eigenvalue weighted by Gasteiger charge is 2.19. The first-order valence-corrected chi connectivity index (χ1v) is 11.2. The van der Waals surface area contributed by atoms with Gasteiger partial charge in [-0.1, -0.05) is 42.3 Å². The lowest BCUT2D eigenvalue weighted by atomic mass is 10.0. The van der Waals surface area contributed by atoms with E-state index in [9.17, 15) is 9.59 Å². The zero-order chi connectivity index (χ0) is 22.5. The van der Waals surface area contributed by atoms with Gasteiger partial charge in [0, 0.05) is 36.2 Å². The summed E-state index contributed by atoms with van der Waals surface area (Å²) in [6.07, 6.45) is 4.49. The largest absolute Gasteiger partial charge is 0.349 e. The van der Waals surface area contributed by atoms with Crippen LogP contribution in [0.3, 0.4) is 0 Å². The summed E-state index contributed by atoms with van der Waals surface area (Å²) in [5.74, 6) is 1.45. The minimum Gasteiger partial charge on any atom is -0.349 e. The molecule has 0 bridgehead atoms. The van der Waals surface area contributed by atoms with E-state index in [2.05, 4.69) is 25.4 Å². The van der Waals surface area contributed by atoms with Crippen molar-refractivity contribution >= 4 is 29.1 Å². The molecule has 0 spiro atoms. The van der Waals surface area contributed by atoms with Gasteiger partial charge in [-0.25, -0.2) is 0 Å². The Hall–Kier alpha value is -3.19. The van der Waals surface area contributed by atoms with Crippen LogP contribution in [0.1, 0.15) is 50.0 Å². The first-order chi connectivity index (χ1) is 15.5. The quantitative estimate of drug-likeness (QED) is 0.576. The minimum absolute atomic E-state index is 0.103. The van der Waals surface area contributed by atoms with Crippen molar-refractivity contribution in [3.05, 3.63) is 64.9 Å². The molecule has 0 radical (unpaired) electrons. The number of carbonyl (C=O) groups is 2. The second-order valence-corrected chi connectivity index (χ2v) is 8.48. The molecule has 4 rings (SSSR count). The fourth-order valence-corrected chi connectivity index (χ4v) is 4.15. The summed E-state index contributed by atoms with van der Waals surface area (Å²) < 4.78 is 2.18. The fourth-order valence-electron chi connectivity index (χ4n) is 4.02. The molecule has 8 heteroatoms. The van der Waals surface area contributed by atoms with Crippen LogP contribution in [-0.2, 0) is 22.6 Å². The average Bonchev–Trinajstić information content (AvgIpc) is 3.02. The Kier molecular flexibility index (Phi) is 6.85. The number of rotatable bonds is 6. The SMILES string of the molecule is CC(=O)NC(CC(=O)Nc1cccc(-c2nnc3n2CCCCC3)c1)c1ccc(Cl)cc1. The van der Waals surface area contributed by atoms with Gasteiger partial charge in [0.05, 0.1) is 12.5 Å². The van der Waals surface area contributed by atoms with Crippen LogP contribution in [0.2, 0.25) is 5.02 Å². The van der Waals surface area contributed by atoms with E-state index < -0.39 is 6.04 Å². The molecule has 2 aromatic carbocycles. The summed E-state index contributed by atoms with van der Waals surface area (Å²) in [7, 11) is 0. The number of halogens is 1. The van der Waals surface area contributed by atoms with Gasteiger partial charge < -0.3 is 15.2 Å². The molecule has 2 amide bonds. The number of amides is 2. The lowest BCUT2D eigenvalue weighted by molar-refractivity contribution is -0.120. The van der Waals surface area contributed by atoms with E-state index >= 15 is 0 Å². The van der Waals surface area contributed by atoms with E-state index in [1.807, 2.05) is 36.4 Å². The zero-order valence-corrected chi connectivity index (χ0v) is 18.7. The molecule has 0 saturated carbocycles. The van der Waals surface area contributed by atoms with Gasteiger partial charge in [-0.05, 0) is 42.7 Å². The molecule has 2 heterocycles. The number of anilines is 1. The van der Waals surface area contributed by atoms with Crippen molar-refractivity contribution < 1.29 is 9.59 Å². The smallest absolute Gasteiger partial charge is 0.226 e. The third-order valence-electron chi connectivity index (χ3n) is 5.55. The normalized spacial score (nSPS) is 14.2. The van der Waals surface area contributed by atoms with Crippen LogP contribution >= 0.6 is 11.6 Å². The van der Waals surface area contributed by atoms with Gasteiger partial charge >= 0.3 is 0 Å². The molecule has 1 aromatic heterocycles. The van der Waals surface area contributed by atoms with Crippen LogP contribution in [0, 0.1) is 0 Å². The summed E-state index contributed by atoms with van der Waals surface area (Å²) in [4.78, 5) is 24.5. The molecule has 1 aliphatic heterocycles. The number of benzene rings is 2. The highest BCUT2D eigenvalue weighted by Crippen LogP contribution is 2.26.